The monoisotopic (exact) mass is 203 g/mol. The molecule has 0 aliphatic carbocycles. The fourth-order valence-corrected chi connectivity index (χ4v) is 1.01. The molecular formula is C7H3ClFNO3. The van der Waals surface area contributed by atoms with E-state index in [1.54, 1.807) is 0 Å². The van der Waals surface area contributed by atoms with Gasteiger partial charge < -0.3 is 0 Å². The number of nitro groups is 1. The van der Waals surface area contributed by atoms with E-state index in [9.17, 15) is 19.3 Å². The second-order valence-corrected chi connectivity index (χ2v) is 2.61. The summed E-state index contributed by atoms with van der Waals surface area (Å²) in [5.41, 5.74) is -0.826. The molecular weight excluding hydrogens is 201 g/mol. The van der Waals surface area contributed by atoms with Crippen molar-refractivity contribution >= 4 is 23.6 Å². The van der Waals surface area contributed by atoms with Crippen LogP contribution in [-0.2, 0) is 0 Å². The molecule has 0 unspecified atom stereocenters. The van der Waals surface area contributed by atoms with Gasteiger partial charge in [0.2, 0.25) is 0 Å². The Hall–Kier alpha value is -1.49. The molecule has 0 aliphatic heterocycles. The van der Waals surface area contributed by atoms with Crippen molar-refractivity contribution < 1.29 is 14.1 Å². The molecule has 0 saturated carbocycles. The number of nitrogens with zero attached hydrogens (tertiary/aromatic N) is 1. The highest BCUT2D eigenvalue weighted by atomic mass is 35.5. The van der Waals surface area contributed by atoms with Crippen molar-refractivity contribution in [3.8, 4) is 0 Å². The molecule has 13 heavy (non-hydrogen) atoms. The van der Waals surface area contributed by atoms with E-state index in [-0.39, 0.29) is 6.29 Å². The average Bonchev–Trinajstić information content (AvgIpc) is 2.09. The quantitative estimate of drug-likeness (QED) is 0.421. The van der Waals surface area contributed by atoms with Crippen molar-refractivity contribution in [2.24, 2.45) is 0 Å². The number of non-ortho nitro benzene ring substituents is 1. The third-order valence-electron chi connectivity index (χ3n) is 1.38. The fraction of sp³-hybridized carbons (Fsp3) is 0. The third kappa shape index (κ3) is 1.81. The van der Waals surface area contributed by atoms with Crippen LogP contribution in [0.25, 0.3) is 0 Å². The normalized spacial score (nSPS) is 9.69. The summed E-state index contributed by atoms with van der Waals surface area (Å²) in [7, 11) is 0. The number of aldehydes is 1. The second-order valence-electron chi connectivity index (χ2n) is 2.21. The van der Waals surface area contributed by atoms with Gasteiger partial charge >= 0.3 is 0 Å². The van der Waals surface area contributed by atoms with Crippen LogP contribution in [0, 0.1) is 15.9 Å². The van der Waals surface area contributed by atoms with Gasteiger partial charge in [-0.1, -0.05) is 11.6 Å². The number of carbonyl (C=O) groups is 1. The van der Waals surface area contributed by atoms with Crippen LogP contribution in [0.2, 0.25) is 5.02 Å². The first-order valence-electron chi connectivity index (χ1n) is 3.15. The van der Waals surface area contributed by atoms with Gasteiger partial charge in [0.25, 0.3) is 5.69 Å². The van der Waals surface area contributed by atoms with E-state index in [0.717, 1.165) is 12.1 Å². The molecule has 4 nitrogen and oxygen atoms in total. The van der Waals surface area contributed by atoms with Crippen molar-refractivity contribution in [2.45, 2.75) is 0 Å². The maximum atomic E-state index is 12.9. The van der Waals surface area contributed by atoms with Crippen molar-refractivity contribution in [3.05, 3.63) is 38.7 Å². The molecule has 0 saturated heterocycles. The zero-order valence-electron chi connectivity index (χ0n) is 6.16. The van der Waals surface area contributed by atoms with Gasteiger partial charge in [-0.05, 0) is 0 Å². The molecule has 0 bridgehead atoms. The lowest BCUT2D eigenvalue weighted by atomic mass is 10.2. The Labute approximate surface area is 77.1 Å². The summed E-state index contributed by atoms with van der Waals surface area (Å²) in [6, 6.07) is 1.68. The highest BCUT2D eigenvalue weighted by Crippen LogP contribution is 2.23. The minimum Gasteiger partial charge on any atom is -0.298 e. The van der Waals surface area contributed by atoms with Crippen LogP contribution in [0.5, 0.6) is 0 Å². The lowest BCUT2D eigenvalue weighted by Gasteiger charge is -1.97. The standard InChI is InChI=1S/C7H3ClFNO3/c8-6-2-5(10(12)13)1-4(3-11)7(6)9/h1-3H. The highest BCUT2D eigenvalue weighted by molar-refractivity contribution is 6.31. The van der Waals surface area contributed by atoms with Crippen LogP contribution in [0.15, 0.2) is 12.1 Å². The number of halogens is 2. The molecule has 0 atom stereocenters. The van der Waals surface area contributed by atoms with Crippen LogP contribution in [0.4, 0.5) is 10.1 Å². The van der Waals surface area contributed by atoms with Crippen LogP contribution >= 0.6 is 11.6 Å². The Morgan fingerprint density at radius 3 is 2.62 bits per heavy atom. The number of benzene rings is 1. The summed E-state index contributed by atoms with van der Waals surface area (Å²) >= 11 is 5.30. The molecule has 0 spiro atoms. The van der Waals surface area contributed by atoms with Crippen molar-refractivity contribution in [2.75, 3.05) is 0 Å². The third-order valence-corrected chi connectivity index (χ3v) is 1.65. The predicted octanol–water partition coefficient (Wildman–Crippen LogP) is 2.20. The molecule has 0 aromatic heterocycles. The first kappa shape index (κ1) is 9.60. The lowest BCUT2D eigenvalue weighted by molar-refractivity contribution is -0.384. The van der Waals surface area contributed by atoms with Gasteiger partial charge in [-0.15, -0.1) is 0 Å². The number of hydrogen-bond acceptors (Lipinski definition) is 3. The van der Waals surface area contributed by atoms with E-state index in [0.29, 0.717) is 0 Å². The van der Waals surface area contributed by atoms with Crippen LogP contribution < -0.4 is 0 Å². The molecule has 1 aromatic rings. The molecule has 0 fully saturated rings. The smallest absolute Gasteiger partial charge is 0.271 e. The largest absolute Gasteiger partial charge is 0.298 e. The first-order valence-corrected chi connectivity index (χ1v) is 3.52. The Bertz CT molecular complexity index is 380. The predicted molar refractivity (Wildman–Crippen MR) is 43.5 cm³/mol. The average molecular weight is 204 g/mol. The molecule has 0 aliphatic rings. The van der Waals surface area contributed by atoms with Crippen LogP contribution in [0.3, 0.4) is 0 Å². The van der Waals surface area contributed by atoms with E-state index in [1.165, 1.54) is 0 Å². The number of carbonyl (C=O) groups excluding carboxylic acids is 1. The van der Waals surface area contributed by atoms with Gasteiger partial charge in [0.05, 0.1) is 15.5 Å². The number of rotatable bonds is 2. The highest BCUT2D eigenvalue weighted by Gasteiger charge is 2.14. The summed E-state index contributed by atoms with van der Waals surface area (Å²) in [6.45, 7) is 0. The maximum Gasteiger partial charge on any atom is 0.271 e. The molecule has 1 aromatic carbocycles. The van der Waals surface area contributed by atoms with Crippen molar-refractivity contribution in [1.29, 1.82) is 0 Å². The van der Waals surface area contributed by atoms with E-state index >= 15 is 0 Å². The van der Waals surface area contributed by atoms with Gasteiger partial charge in [-0.3, -0.25) is 14.9 Å². The minimum absolute atomic E-state index is 0.175. The van der Waals surface area contributed by atoms with Gasteiger partial charge in [0.15, 0.2) is 12.1 Å². The molecule has 68 valence electrons. The van der Waals surface area contributed by atoms with Crippen molar-refractivity contribution in [3.63, 3.8) is 0 Å². The van der Waals surface area contributed by atoms with Crippen molar-refractivity contribution in [1.82, 2.24) is 0 Å². The Morgan fingerprint density at radius 1 is 1.54 bits per heavy atom. The summed E-state index contributed by atoms with van der Waals surface area (Å²) < 4.78 is 12.9. The van der Waals surface area contributed by atoms with Gasteiger partial charge in [0.1, 0.15) is 0 Å². The van der Waals surface area contributed by atoms with Gasteiger partial charge in [-0.2, -0.15) is 0 Å². The lowest BCUT2D eigenvalue weighted by Crippen LogP contribution is -1.94. The molecule has 0 heterocycles. The van der Waals surface area contributed by atoms with Crippen LogP contribution in [-0.4, -0.2) is 11.2 Å². The Morgan fingerprint density at radius 2 is 2.15 bits per heavy atom. The molecule has 6 heteroatoms. The Balaban J connectivity index is 3.38. The summed E-state index contributed by atoms with van der Waals surface area (Å²) in [4.78, 5) is 19.7. The summed E-state index contributed by atoms with van der Waals surface area (Å²) in [5, 5.41) is 9.81. The van der Waals surface area contributed by atoms with E-state index < -0.39 is 27.0 Å². The summed E-state index contributed by atoms with van der Waals surface area (Å²) in [5.74, 6) is -0.942. The number of nitro benzene ring substituents is 1. The fourth-order valence-electron chi connectivity index (χ4n) is 0.787. The summed E-state index contributed by atoms with van der Waals surface area (Å²) in [6.07, 6.45) is 0.175. The molecule has 1 rings (SSSR count). The first-order chi connectivity index (χ1) is 6.06. The molecule has 0 radical (unpaired) electrons. The van der Waals surface area contributed by atoms with Gasteiger partial charge in [0, 0.05) is 12.1 Å². The minimum atomic E-state index is -0.942. The zero-order chi connectivity index (χ0) is 10.0. The Kier molecular flexibility index (Phi) is 2.57. The second kappa shape index (κ2) is 3.49. The SMILES string of the molecule is O=Cc1cc([N+](=O)[O-])cc(Cl)c1F. The van der Waals surface area contributed by atoms with E-state index in [4.69, 9.17) is 11.6 Å². The van der Waals surface area contributed by atoms with E-state index in [2.05, 4.69) is 0 Å². The number of hydrogen-bond donors (Lipinski definition) is 0. The van der Waals surface area contributed by atoms with E-state index in [1.807, 2.05) is 0 Å². The molecule has 0 N–H and O–H groups in total. The topological polar surface area (TPSA) is 60.2 Å². The maximum absolute atomic E-state index is 12.9. The van der Waals surface area contributed by atoms with Crippen LogP contribution in [0.1, 0.15) is 10.4 Å². The zero-order valence-corrected chi connectivity index (χ0v) is 6.92. The molecule has 0 amide bonds. The van der Waals surface area contributed by atoms with Gasteiger partial charge in [-0.25, -0.2) is 4.39 Å².